The quantitative estimate of drug-likeness (QED) is 0.910. The van der Waals surface area contributed by atoms with E-state index in [1.165, 1.54) is 19.0 Å². The van der Waals surface area contributed by atoms with Crippen molar-refractivity contribution in [1.82, 2.24) is 9.88 Å². The Labute approximate surface area is 120 Å². The van der Waals surface area contributed by atoms with Gasteiger partial charge in [0.2, 0.25) is 0 Å². The first-order valence-electron chi connectivity index (χ1n) is 7.07. The van der Waals surface area contributed by atoms with E-state index in [0.29, 0.717) is 5.92 Å². The molecular formula is C15H23N3O2. The van der Waals surface area contributed by atoms with Gasteiger partial charge in [-0.2, -0.15) is 0 Å². The van der Waals surface area contributed by atoms with Gasteiger partial charge in [0, 0.05) is 25.5 Å². The Balaban J connectivity index is 2.10. The normalized spacial score (nSPS) is 17.1. The highest BCUT2D eigenvalue weighted by Crippen LogP contribution is 2.24. The number of hydrogen-bond donors (Lipinski definition) is 1. The zero-order chi connectivity index (χ0) is 14.7. The minimum Gasteiger partial charge on any atom is -0.478 e. The molecule has 1 aromatic rings. The number of piperidine rings is 1. The fraction of sp³-hybridized carbons (Fsp3) is 0.600. The van der Waals surface area contributed by atoms with Crippen LogP contribution in [0.1, 0.15) is 28.9 Å². The third-order valence-electron chi connectivity index (χ3n) is 4.03. The number of carboxylic acid groups (broad SMARTS) is 1. The van der Waals surface area contributed by atoms with Crippen LogP contribution in [0.3, 0.4) is 0 Å². The van der Waals surface area contributed by atoms with Crippen LogP contribution in [-0.2, 0) is 0 Å². The molecule has 20 heavy (non-hydrogen) atoms. The van der Waals surface area contributed by atoms with Crippen molar-refractivity contribution < 1.29 is 9.90 Å². The van der Waals surface area contributed by atoms with Crippen LogP contribution in [0, 0.1) is 12.8 Å². The van der Waals surface area contributed by atoms with Crippen LogP contribution < -0.4 is 4.90 Å². The molecule has 0 saturated carbocycles. The summed E-state index contributed by atoms with van der Waals surface area (Å²) < 4.78 is 0. The minimum absolute atomic E-state index is 0.283. The van der Waals surface area contributed by atoms with Gasteiger partial charge in [0.15, 0.2) is 0 Å². The number of carboxylic acids is 1. The molecule has 1 aromatic heterocycles. The second kappa shape index (κ2) is 6.22. The van der Waals surface area contributed by atoms with E-state index in [2.05, 4.69) is 21.8 Å². The third-order valence-corrected chi connectivity index (χ3v) is 4.03. The Kier molecular flexibility index (Phi) is 4.60. The largest absolute Gasteiger partial charge is 0.478 e. The van der Waals surface area contributed by atoms with Gasteiger partial charge in [-0.15, -0.1) is 0 Å². The van der Waals surface area contributed by atoms with Gasteiger partial charge in [-0.3, -0.25) is 4.98 Å². The number of carbonyl (C=O) groups is 1. The van der Waals surface area contributed by atoms with Crippen molar-refractivity contribution in [2.24, 2.45) is 5.92 Å². The average molecular weight is 277 g/mol. The van der Waals surface area contributed by atoms with Crippen molar-refractivity contribution >= 4 is 11.7 Å². The van der Waals surface area contributed by atoms with Gasteiger partial charge in [-0.1, -0.05) is 0 Å². The number of nitrogens with zero attached hydrogens (tertiary/aromatic N) is 3. The number of aromatic carboxylic acids is 1. The highest BCUT2D eigenvalue weighted by molar-refractivity contribution is 5.94. The molecule has 0 spiro atoms. The first kappa shape index (κ1) is 14.8. The molecule has 1 aliphatic rings. The lowest BCUT2D eigenvalue weighted by Gasteiger charge is -2.32. The summed E-state index contributed by atoms with van der Waals surface area (Å²) in [7, 11) is 4.12. The number of aromatic nitrogens is 1. The maximum atomic E-state index is 11.3. The van der Waals surface area contributed by atoms with E-state index in [4.69, 9.17) is 0 Å². The lowest BCUT2D eigenvalue weighted by atomic mass is 9.96. The zero-order valence-electron chi connectivity index (χ0n) is 12.5. The molecule has 0 atom stereocenters. The Hall–Kier alpha value is -1.62. The number of aryl methyl sites for hydroxylation is 1. The number of hydrogen-bond acceptors (Lipinski definition) is 4. The smallest absolute Gasteiger partial charge is 0.339 e. The first-order chi connectivity index (χ1) is 9.47. The molecule has 1 saturated heterocycles. The molecule has 5 heteroatoms. The Bertz CT molecular complexity index is 482. The Morgan fingerprint density at radius 2 is 2.15 bits per heavy atom. The van der Waals surface area contributed by atoms with Crippen LogP contribution in [-0.4, -0.2) is 54.7 Å². The lowest BCUT2D eigenvalue weighted by Crippen LogP contribution is -2.36. The maximum absolute atomic E-state index is 11.3. The van der Waals surface area contributed by atoms with Crippen molar-refractivity contribution in [3.63, 3.8) is 0 Å². The summed E-state index contributed by atoms with van der Waals surface area (Å²) >= 11 is 0. The summed E-state index contributed by atoms with van der Waals surface area (Å²) in [6, 6.07) is 1.86. The monoisotopic (exact) mass is 277 g/mol. The van der Waals surface area contributed by atoms with Crippen LogP contribution in [0.5, 0.6) is 0 Å². The second-order valence-corrected chi connectivity index (χ2v) is 5.78. The van der Waals surface area contributed by atoms with Crippen molar-refractivity contribution in [2.45, 2.75) is 19.8 Å². The molecule has 1 N–H and O–H groups in total. The number of pyridine rings is 1. The fourth-order valence-electron chi connectivity index (χ4n) is 2.76. The summed E-state index contributed by atoms with van der Waals surface area (Å²) in [5.41, 5.74) is 1.90. The molecular weight excluding hydrogens is 254 g/mol. The summed E-state index contributed by atoms with van der Waals surface area (Å²) in [6.45, 7) is 5.04. The van der Waals surface area contributed by atoms with Crippen molar-refractivity contribution in [2.75, 3.05) is 38.6 Å². The molecule has 110 valence electrons. The number of rotatable bonds is 4. The molecule has 2 heterocycles. The van der Waals surface area contributed by atoms with Crippen molar-refractivity contribution in [3.05, 3.63) is 23.5 Å². The zero-order valence-corrected chi connectivity index (χ0v) is 12.5. The average Bonchev–Trinajstić information content (AvgIpc) is 2.41. The topological polar surface area (TPSA) is 56.7 Å². The van der Waals surface area contributed by atoms with Crippen LogP contribution in [0.15, 0.2) is 12.3 Å². The van der Waals surface area contributed by atoms with E-state index >= 15 is 0 Å². The maximum Gasteiger partial charge on any atom is 0.339 e. The summed E-state index contributed by atoms with van der Waals surface area (Å²) in [5, 5.41) is 9.27. The molecule has 0 radical (unpaired) electrons. The summed E-state index contributed by atoms with van der Waals surface area (Å²) in [5.74, 6) is -0.283. The van der Waals surface area contributed by atoms with Crippen LogP contribution in [0.25, 0.3) is 0 Å². The molecule has 0 amide bonds. The highest BCUT2D eigenvalue weighted by atomic mass is 16.4. The Morgan fingerprint density at radius 1 is 1.50 bits per heavy atom. The minimum atomic E-state index is -0.914. The molecule has 0 bridgehead atoms. The van der Waals surface area contributed by atoms with Gasteiger partial charge in [-0.25, -0.2) is 4.79 Å². The lowest BCUT2D eigenvalue weighted by molar-refractivity contribution is 0.0697. The molecule has 2 rings (SSSR count). The SMILES string of the molecule is Cc1cc(N(C)CC2CCN(C)CC2)c(C(=O)O)cn1. The molecule has 1 fully saturated rings. The molecule has 0 aliphatic carbocycles. The molecule has 5 nitrogen and oxygen atoms in total. The van der Waals surface area contributed by atoms with Crippen LogP contribution in [0.2, 0.25) is 0 Å². The van der Waals surface area contributed by atoms with Crippen LogP contribution >= 0.6 is 0 Å². The summed E-state index contributed by atoms with van der Waals surface area (Å²) in [6.07, 6.45) is 3.80. The number of likely N-dealkylation sites (tertiary alicyclic amines) is 1. The van der Waals surface area contributed by atoms with Gasteiger partial charge in [-0.05, 0) is 51.9 Å². The van der Waals surface area contributed by atoms with Gasteiger partial charge < -0.3 is 14.9 Å². The first-order valence-corrected chi connectivity index (χ1v) is 7.07. The summed E-state index contributed by atoms with van der Waals surface area (Å²) in [4.78, 5) is 19.8. The van der Waals surface area contributed by atoms with E-state index in [-0.39, 0.29) is 5.56 Å². The predicted molar refractivity (Wildman–Crippen MR) is 79.4 cm³/mol. The molecule has 1 aliphatic heterocycles. The molecule has 0 unspecified atom stereocenters. The van der Waals surface area contributed by atoms with E-state index < -0.39 is 5.97 Å². The van der Waals surface area contributed by atoms with Gasteiger partial charge in [0.05, 0.1) is 5.69 Å². The predicted octanol–water partition coefficient (Wildman–Crippen LogP) is 1.87. The highest BCUT2D eigenvalue weighted by Gasteiger charge is 2.21. The van der Waals surface area contributed by atoms with Gasteiger partial charge >= 0.3 is 5.97 Å². The number of anilines is 1. The van der Waals surface area contributed by atoms with Crippen molar-refractivity contribution in [3.8, 4) is 0 Å². The van der Waals surface area contributed by atoms with Gasteiger partial charge in [0.1, 0.15) is 5.56 Å². The standard InChI is InChI=1S/C15H23N3O2/c1-11-8-14(13(9-16-11)15(19)20)18(3)10-12-4-6-17(2)7-5-12/h8-9,12H,4-7,10H2,1-3H3,(H,19,20). The van der Waals surface area contributed by atoms with E-state index in [1.807, 2.05) is 20.0 Å². The third kappa shape index (κ3) is 3.48. The van der Waals surface area contributed by atoms with Gasteiger partial charge in [0.25, 0.3) is 0 Å². The van der Waals surface area contributed by atoms with E-state index in [1.54, 1.807) is 0 Å². The van der Waals surface area contributed by atoms with E-state index in [9.17, 15) is 9.90 Å². The second-order valence-electron chi connectivity index (χ2n) is 5.78. The van der Waals surface area contributed by atoms with E-state index in [0.717, 1.165) is 31.0 Å². The fourth-order valence-corrected chi connectivity index (χ4v) is 2.76. The van der Waals surface area contributed by atoms with Crippen LogP contribution in [0.4, 0.5) is 5.69 Å². The van der Waals surface area contributed by atoms with Crippen molar-refractivity contribution in [1.29, 1.82) is 0 Å². The molecule has 0 aromatic carbocycles. The Morgan fingerprint density at radius 3 is 2.75 bits per heavy atom.